The van der Waals surface area contributed by atoms with E-state index in [0.717, 1.165) is 18.7 Å². The molecule has 0 aliphatic heterocycles. The first kappa shape index (κ1) is 12.8. The summed E-state index contributed by atoms with van der Waals surface area (Å²) in [5, 5.41) is 2.23. The predicted molar refractivity (Wildman–Crippen MR) is 69.5 cm³/mol. The molecule has 2 aromatic rings. The van der Waals surface area contributed by atoms with Crippen LogP contribution in [0.5, 0.6) is 0 Å². The van der Waals surface area contributed by atoms with Crippen LogP contribution in [0.15, 0.2) is 40.8 Å². The summed E-state index contributed by atoms with van der Waals surface area (Å²) in [6.45, 7) is 5.14. The van der Waals surface area contributed by atoms with Crippen LogP contribution in [-0.2, 0) is 6.54 Å². The number of furan rings is 1. The van der Waals surface area contributed by atoms with E-state index >= 15 is 0 Å². The van der Waals surface area contributed by atoms with Crippen LogP contribution >= 0.6 is 0 Å². The number of hydrogen-bond donors (Lipinski definition) is 1. The van der Waals surface area contributed by atoms with Crippen LogP contribution < -0.4 is 5.32 Å². The van der Waals surface area contributed by atoms with Crippen molar-refractivity contribution < 1.29 is 14.1 Å². The summed E-state index contributed by atoms with van der Waals surface area (Å²) in [5.41, 5.74) is 0.521. The molecular formula is C15H19FNO+. The number of rotatable bonds is 5. The van der Waals surface area contributed by atoms with Crippen LogP contribution in [-0.4, -0.2) is 6.04 Å². The van der Waals surface area contributed by atoms with Gasteiger partial charge in [-0.2, -0.15) is 0 Å². The molecule has 18 heavy (non-hydrogen) atoms. The molecule has 0 aliphatic carbocycles. The molecule has 1 aromatic carbocycles. The maximum absolute atomic E-state index is 13.6. The second-order valence-electron chi connectivity index (χ2n) is 4.57. The molecule has 0 aliphatic rings. The lowest BCUT2D eigenvalue weighted by Gasteiger charge is -2.05. The molecule has 1 heterocycles. The Bertz CT molecular complexity index is 507. The highest BCUT2D eigenvalue weighted by Gasteiger charge is 2.10. The lowest BCUT2D eigenvalue weighted by atomic mass is 10.1. The second-order valence-corrected chi connectivity index (χ2v) is 4.57. The van der Waals surface area contributed by atoms with E-state index in [-0.39, 0.29) is 5.82 Å². The molecule has 0 radical (unpaired) electrons. The molecule has 96 valence electrons. The zero-order valence-corrected chi connectivity index (χ0v) is 10.8. The van der Waals surface area contributed by atoms with Gasteiger partial charge in [0.2, 0.25) is 0 Å². The molecular weight excluding hydrogens is 229 g/mol. The van der Waals surface area contributed by atoms with Gasteiger partial charge in [-0.3, -0.25) is 0 Å². The quantitative estimate of drug-likeness (QED) is 0.866. The fourth-order valence-corrected chi connectivity index (χ4v) is 1.78. The van der Waals surface area contributed by atoms with E-state index in [2.05, 4.69) is 19.2 Å². The third kappa shape index (κ3) is 2.99. The molecule has 0 bridgehead atoms. The van der Waals surface area contributed by atoms with Gasteiger partial charge in [0.05, 0.1) is 11.6 Å². The molecule has 0 spiro atoms. The van der Waals surface area contributed by atoms with Crippen molar-refractivity contribution >= 4 is 0 Å². The second kappa shape index (κ2) is 5.83. The van der Waals surface area contributed by atoms with Gasteiger partial charge in [-0.05, 0) is 37.6 Å². The van der Waals surface area contributed by atoms with Crippen molar-refractivity contribution in [1.29, 1.82) is 0 Å². The van der Waals surface area contributed by atoms with Crippen LogP contribution in [0.4, 0.5) is 4.39 Å². The highest BCUT2D eigenvalue weighted by atomic mass is 19.1. The Morgan fingerprint density at radius 2 is 2.00 bits per heavy atom. The third-order valence-corrected chi connectivity index (χ3v) is 3.17. The van der Waals surface area contributed by atoms with Gasteiger partial charge in [-0.1, -0.05) is 19.1 Å². The summed E-state index contributed by atoms with van der Waals surface area (Å²) < 4.78 is 19.3. The van der Waals surface area contributed by atoms with Crippen LogP contribution in [0.2, 0.25) is 0 Å². The summed E-state index contributed by atoms with van der Waals surface area (Å²) in [6, 6.07) is 11.0. The van der Waals surface area contributed by atoms with E-state index in [9.17, 15) is 4.39 Å². The zero-order valence-electron chi connectivity index (χ0n) is 10.8. The van der Waals surface area contributed by atoms with Crippen molar-refractivity contribution in [2.24, 2.45) is 0 Å². The van der Waals surface area contributed by atoms with Crippen LogP contribution in [0.1, 0.15) is 26.0 Å². The maximum atomic E-state index is 13.6. The number of nitrogens with two attached hydrogens (primary N) is 1. The molecule has 1 atom stereocenters. The van der Waals surface area contributed by atoms with Crippen molar-refractivity contribution in [1.82, 2.24) is 0 Å². The number of halogens is 1. The van der Waals surface area contributed by atoms with Gasteiger partial charge < -0.3 is 9.73 Å². The summed E-state index contributed by atoms with van der Waals surface area (Å²) in [7, 11) is 0. The van der Waals surface area contributed by atoms with Crippen LogP contribution in [0.3, 0.4) is 0 Å². The van der Waals surface area contributed by atoms with Crippen LogP contribution in [0.25, 0.3) is 11.3 Å². The van der Waals surface area contributed by atoms with Crippen molar-refractivity contribution in [2.75, 3.05) is 0 Å². The van der Waals surface area contributed by atoms with Gasteiger partial charge in [0.15, 0.2) is 5.76 Å². The van der Waals surface area contributed by atoms with Gasteiger partial charge >= 0.3 is 0 Å². The fourth-order valence-electron chi connectivity index (χ4n) is 1.78. The van der Waals surface area contributed by atoms with Gasteiger partial charge in [0.1, 0.15) is 18.1 Å². The molecule has 3 heteroatoms. The van der Waals surface area contributed by atoms with E-state index in [4.69, 9.17) is 4.42 Å². The first-order valence-corrected chi connectivity index (χ1v) is 6.37. The summed E-state index contributed by atoms with van der Waals surface area (Å²) >= 11 is 0. The Morgan fingerprint density at radius 3 is 2.72 bits per heavy atom. The average Bonchev–Trinajstić information content (AvgIpc) is 2.85. The van der Waals surface area contributed by atoms with Crippen molar-refractivity contribution in [2.45, 2.75) is 32.9 Å². The minimum atomic E-state index is -0.246. The summed E-state index contributed by atoms with van der Waals surface area (Å²) in [6.07, 6.45) is 1.13. The Morgan fingerprint density at radius 1 is 1.22 bits per heavy atom. The van der Waals surface area contributed by atoms with E-state index in [1.807, 2.05) is 18.2 Å². The largest absolute Gasteiger partial charge is 0.455 e. The maximum Gasteiger partial charge on any atom is 0.158 e. The van der Waals surface area contributed by atoms with Crippen LogP contribution in [0, 0.1) is 5.82 Å². The van der Waals surface area contributed by atoms with E-state index in [0.29, 0.717) is 17.4 Å². The Kier molecular flexibility index (Phi) is 4.15. The fraction of sp³-hybridized carbons (Fsp3) is 0.333. The first-order chi connectivity index (χ1) is 8.70. The molecule has 1 aromatic heterocycles. The van der Waals surface area contributed by atoms with E-state index < -0.39 is 0 Å². The minimum Gasteiger partial charge on any atom is -0.455 e. The van der Waals surface area contributed by atoms with Gasteiger partial charge in [0.25, 0.3) is 0 Å². The molecule has 0 saturated carbocycles. The van der Waals surface area contributed by atoms with Gasteiger partial charge in [-0.25, -0.2) is 4.39 Å². The lowest BCUT2D eigenvalue weighted by Crippen LogP contribution is -2.87. The molecule has 0 fully saturated rings. The summed E-state index contributed by atoms with van der Waals surface area (Å²) in [5.74, 6) is 1.23. The van der Waals surface area contributed by atoms with Gasteiger partial charge in [0, 0.05) is 0 Å². The predicted octanol–water partition coefficient (Wildman–Crippen LogP) is 2.95. The van der Waals surface area contributed by atoms with E-state index in [1.165, 1.54) is 6.07 Å². The molecule has 2 nitrogen and oxygen atoms in total. The number of benzene rings is 1. The minimum absolute atomic E-state index is 0.246. The van der Waals surface area contributed by atoms with Crippen molar-refractivity contribution in [3.63, 3.8) is 0 Å². The summed E-state index contributed by atoms with van der Waals surface area (Å²) in [4.78, 5) is 0. The molecule has 2 N–H and O–H groups in total. The Hall–Kier alpha value is -1.61. The molecule has 0 unspecified atom stereocenters. The SMILES string of the molecule is CC[C@H](C)[NH2+]Cc1ccc(-c2ccccc2F)o1. The molecule has 0 amide bonds. The van der Waals surface area contributed by atoms with Crippen molar-refractivity contribution in [3.8, 4) is 11.3 Å². The number of hydrogen-bond acceptors (Lipinski definition) is 1. The smallest absolute Gasteiger partial charge is 0.158 e. The van der Waals surface area contributed by atoms with Gasteiger partial charge in [-0.15, -0.1) is 0 Å². The third-order valence-electron chi connectivity index (χ3n) is 3.17. The Labute approximate surface area is 107 Å². The normalized spacial score (nSPS) is 12.6. The number of quaternary nitrogens is 1. The highest BCUT2D eigenvalue weighted by Crippen LogP contribution is 2.24. The monoisotopic (exact) mass is 248 g/mol. The first-order valence-electron chi connectivity index (χ1n) is 6.37. The van der Waals surface area contributed by atoms with Crippen molar-refractivity contribution in [3.05, 3.63) is 48.0 Å². The Balaban J connectivity index is 2.09. The van der Waals surface area contributed by atoms with E-state index in [1.54, 1.807) is 12.1 Å². The standard InChI is InChI=1S/C15H18FNO/c1-3-11(2)17-10-12-8-9-15(18-12)13-6-4-5-7-14(13)16/h4-9,11,17H,3,10H2,1-2H3/p+1/t11-/m0/s1. The lowest BCUT2D eigenvalue weighted by molar-refractivity contribution is -0.703. The zero-order chi connectivity index (χ0) is 13.0. The average molecular weight is 248 g/mol. The molecule has 0 saturated heterocycles. The topological polar surface area (TPSA) is 29.8 Å². The highest BCUT2D eigenvalue weighted by molar-refractivity contribution is 5.58. The molecule has 2 rings (SSSR count).